The van der Waals surface area contributed by atoms with Crippen molar-refractivity contribution in [2.45, 2.75) is 38.3 Å². The van der Waals surface area contributed by atoms with Gasteiger partial charge in [0.2, 0.25) is 0 Å². The van der Waals surface area contributed by atoms with E-state index < -0.39 is 14.5 Å². The second-order valence-corrected chi connectivity index (χ2v) is 8.93. The molecule has 0 saturated heterocycles. The molecule has 1 nitrogen and oxygen atoms in total. The Morgan fingerprint density at radius 3 is 2.05 bits per heavy atom. The molecule has 0 aliphatic carbocycles. The van der Waals surface area contributed by atoms with Crippen LogP contribution >= 0.6 is 0 Å². The molecule has 0 spiro atoms. The highest BCUT2D eigenvalue weighted by Gasteiger charge is 2.26. The van der Waals surface area contributed by atoms with Gasteiger partial charge in [-0.1, -0.05) is 80.4 Å². The summed E-state index contributed by atoms with van der Waals surface area (Å²) in [6.45, 7) is 9.18. The molecule has 2 rings (SSSR count). The van der Waals surface area contributed by atoms with Gasteiger partial charge in [-0.3, -0.25) is 0 Å². The van der Waals surface area contributed by atoms with E-state index in [9.17, 15) is 0 Å². The van der Waals surface area contributed by atoms with E-state index in [1.165, 1.54) is 21.3 Å². The Kier molecular flexibility index (Phi) is 5.52. The lowest BCUT2D eigenvalue weighted by Crippen LogP contribution is -2.25. The molecular formula is C18H25AlO. The van der Waals surface area contributed by atoms with Crippen LogP contribution in [0.15, 0.2) is 42.5 Å². The maximum absolute atomic E-state index is 6.38. The predicted molar refractivity (Wildman–Crippen MR) is 89.6 cm³/mol. The predicted octanol–water partition coefficient (Wildman–Crippen LogP) is 5.52. The van der Waals surface area contributed by atoms with Crippen LogP contribution in [0.4, 0.5) is 0 Å². The molecule has 0 radical (unpaired) electrons. The maximum atomic E-state index is 6.38. The van der Waals surface area contributed by atoms with Crippen molar-refractivity contribution in [2.24, 2.45) is 11.8 Å². The highest BCUT2D eigenvalue weighted by Crippen LogP contribution is 2.24. The van der Waals surface area contributed by atoms with Crippen LogP contribution < -0.4 is 3.79 Å². The maximum Gasteiger partial charge on any atom is 0.547 e. The molecule has 0 bridgehead atoms. The van der Waals surface area contributed by atoms with Crippen molar-refractivity contribution in [1.82, 2.24) is 0 Å². The van der Waals surface area contributed by atoms with Gasteiger partial charge in [0.15, 0.2) is 0 Å². The highest BCUT2D eigenvalue weighted by molar-refractivity contribution is 6.52. The van der Waals surface area contributed by atoms with Gasteiger partial charge < -0.3 is 3.79 Å². The normalized spacial score (nSPS) is 11.3. The lowest BCUT2D eigenvalue weighted by molar-refractivity contribution is 0.527. The first-order valence-electron chi connectivity index (χ1n) is 7.70. The molecule has 20 heavy (non-hydrogen) atoms. The average molecular weight is 284 g/mol. The monoisotopic (exact) mass is 284 g/mol. The molecule has 0 amide bonds. The van der Waals surface area contributed by atoms with E-state index in [0.717, 1.165) is 17.6 Å². The highest BCUT2D eigenvalue weighted by atomic mass is 27.2. The van der Waals surface area contributed by atoms with Crippen molar-refractivity contribution in [3.05, 3.63) is 42.5 Å². The summed E-state index contributed by atoms with van der Waals surface area (Å²) in [4.78, 5) is 0. The number of rotatable bonds is 6. The van der Waals surface area contributed by atoms with Gasteiger partial charge in [0, 0.05) is 0 Å². The summed E-state index contributed by atoms with van der Waals surface area (Å²) in [5, 5.41) is 5.06. The fourth-order valence-corrected chi connectivity index (χ4v) is 5.70. The Hall–Kier alpha value is -0.968. The molecule has 0 aliphatic heterocycles. The topological polar surface area (TPSA) is 9.23 Å². The van der Waals surface area contributed by atoms with Gasteiger partial charge in [-0.15, -0.1) is 0 Å². The summed E-state index contributed by atoms with van der Waals surface area (Å²) in [5.41, 5.74) is 0. The minimum Gasteiger partial charge on any atom is -0.643 e. The molecule has 0 atom stereocenters. The van der Waals surface area contributed by atoms with Gasteiger partial charge >= 0.3 is 14.5 Å². The Balaban J connectivity index is 2.14. The minimum atomic E-state index is -1.16. The van der Waals surface area contributed by atoms with Crippen molar-refractivity contribution in [1.29, 1.82) is 0 Å². The Morgan fingerprint density at radius 1 is 0.850 bits per heavy atom. The van der Waals surface area contributed by atoms with Crippen LogP contribution in [0.2, 0.25) is 10.6 Å². The zero-order chi connectivity index (χ0) is 14.5. The molecule has 0 N–H and O–H groups in total. The third-order valence-corrected chi connectivity index (χ3v) is 7.03. The van der Waals surface area contributed by atoms with E-state index in [4.69, 9.17) is 3.79 Å². The van der Waals surface area contributed by atoms with Gasteiger partial charge in [0.05, 0.1) is 5.75 Å². The summed E-state index contributed by atoms with van der Waals surface area (Å²) in [5.74, 6) is 2.51. The first kappa shape index (κ1) is 15.4. The second-order valence-electron chi connectivity index (χ2n) is 6.51. The third-order valence-electron chi connectivity index (χ3n) is 3.49. The second kappa shape index (κ2) is 7.16. The molecule has 0 fully saturated rings. The quantitative estimate of drug-likeness (QED) is 0.634. The number of fused-ring (bicyclic) bond motifs is 1. The fraction of sp³-hybridized carbons (Fsp3) is 0.444. The van der Waals surface area contributed by atoms with Crippen LogP contribution in [0.1, 0.15) is 27.7 Å². The number of hydrogen-bond donors (Lipinski definition) is 0. The molecule has 0 aromatic heterocycles. The lowest BCUT2D eigenvalue weighted by atomic mass is 10.1. The van der Waals surface area contributed by atoms with Crippen LogP contribution in [0.25, 0.3) is 10.8 Å². The van der Waals surface area contributed by atoms with Crippen LogP contribution in [0, 0.1) is 11.8 Å². The Bertz CT molecular complexity index is 538. The van der Waals surface area contributed by atoms with Gasteiger partial charge in [0.1, 0.15) is 0 Å². The molecule has 0 unspecified atom stereocenters. The smallest absolute Gasteiger partial charge is 0.547 e. The van der Waals surface area contributed by atoms with E-state index in [-0.39, 0.29) is 0 Å². The van der Waals surface area contributed by atoms with Gasteiger partial charge in [-0.05, 0) is 22.9 Å². The number of benzene rings is 2. The van der Waals surface area contributed by atoms with E-state index in [1.54, 1.807) is 0 Å². The Morgan fingerprint density at radius 2 is 1.45 bits per heavy atom. The van der Waals surface area contributed by atoms with E-state index in [2.05, 4.69) is 70.2 Å². The van der Waals surface area contributed by atoms with E-state index in [0.29, 0.717) is 0 Å². The standard InChI is InChI=1S/C10H8O.2C4H9.Al/c11-10-6-5-8-3-1-2-4-9(8)7-10;2*1-4(2)3;/h1-7,11H;2*4H,1H2,2-3H3;/q;;;+1/p-1. The molecule has 106 valence electrons. The van der Waals surface area contributed by atoms with Gasteiger partial charge in [-0.2, -0.15) is 0 Å². The van der Waals surface area contributed by atoms with Gasteiger partial charge in [0.25, 0.3) is 0 Å². The first-order valence-corrected chi connectivity index (χ1v) is 9.80. The molecule has 2 aromatic carbocycles. The first-order chi connectivity index (χ1) is 9.54. The van der Waals surface area contributed by atoms with Crippen LogP contribution in [0.5, 0.6) is 5.75 Å². The fourth-order valence-electron chi connectivity index (χ4n) is 2.68. The molecule has 2 heteroatoms. The summed E-state index contributed by atoms with van der Waals surface area (Å²) in [6, 6.07) is 15.0. The van der Waals surface area contributed by atoms with Crippen LogP contribution in [0.3, 0.4) is 0 Å². The zero-order valence-corrected chi connectivity index (χ0v) is 14.3. The lowest BCUT2D eigenvalue weighted by Gasteiger charge is -2.18. The van der Waals surface area contributed by atoms with Crippen molar-refractivity contribution >= 4 is 25.3 Å². The Labute approximate surface area is 127 Å². The average Bonchev–Trinajstić information content (AvgIpc) is 2.37. The zero-order valence-electron chi connectivity index (χ0n) is 13.1. The minimum absolute atomic E-state index is 0.728. The molecule has 0 saturated carbocycles. The van der Waals surface area contributed by atoms with Crippen molar-refractivity contribution < 1.29 is 3.79 Å². The van der Waals surface area contributed by atoms with Crippen molar-refractivity contribution in [3.8, 4) is 5.75 Å². The summed E-state index contributed by atoms with van der Waals surface area (Å²) >= 11 is -1.16. The van der Waals surface area contributed by atoms with Crippen LogP contribution in [-0.2, 0) is 0 Å². The molecular weight excluding hydrogens is 259 g/mol. The SMILES string of the molecule is CC(C)[CH2][Al]([CH2]C(C)C)[O]c1ccc2ccccc2c1. The van der Waals surface area contributed by atoms with E-state index >= 15 is 0 Å². The largest absolute Gasteiger partial charge is 0.643 e. The molecule has 0 heterocycles. The van der Waals surface area contributed by atoms with Gasteiger partial charge in [-0.25, -0.2) is 0 Å². The van der Waals surface area contributed by atoms with E-state index in [1.807, 2.05) is 0 Å². The third kappa shape index (κ3) is 4.55. The number of hydrogen-bond acceptors (Lipinski definition) is 1. The van der Waals surface area contributed by atoms with Crippen LogP contribution in [-0.4, -0.2) is 14.5 Å². The van der Waals surface area contributed by atoms with Crippen molar-refractivity contribution in [3.63, 3.8) is 0 Å². The summed E-state index contributed by atoms with van der Waals surface area (Å²) < 4.78 is 6.38. The molecule has 2 aromatic rings. The summed E-state index contributed by atoms with van der Waals surface area (Å²) in [7, 11) is 0. The van der Waals surface area contributed by atoms with Crippen molar-refractivity contribution in [2.75, 3.05) is 0 Å². The molecule has 0 aliphatic rings. The summed E-state index contributed by atoms with van der Waals surface area (Å²) in [6.07, 6.45) is 0.